The smallest absolute Gasteiger partial charge is 0.326 e. The average molecular weight is 358 g/mol. The molecule has 0 aromatic rings. The molecule has 0 aromatic carbocycles. The molecule has 25 heavy (non-hydrogen) atoms. The third-order valence-electron chi connectivity index (χ3n) is 3.77. The summed E-state index contributed by atoms with van der Waals surface area (Å²) in [6, 6.07) is -2.72. The van der Waals surface area contributed by atoms with Crippen molar-refractivity contribution in [2.45, 2.75) is 58.2 Å². The minimum Gasteiger partial charge on any atom is -0.480 e. The number of rotatable bonds is 11. The number of aliphatic carboxylic acids is 1. The number of amides is 2. The highest BCUT2D eigenvalue weighted by Crippen LogP contribution is 2.09. The van der Waals surface area contributed by atoms with Gasteiger partial charge in [-0.2, -0.15) is 0 Å². The molecule has 0 bridgehead atoms. The molecule has 9 N–H and O–H groups in total. The highest BCUT2D eigenvalue weighted by molar-refractivity contribution is 5.91. The van der Waals surface area contributed by atoms with Crippen LogP contribution in [0.15, 0.2) is 4.99 Å². The van der Waals surface area contributed by atoms with Crippen LogP contribution in [0.4, 0.5) is 0 Å². The van der Waals surface area contributed by atoms with E-state index in [2.05, 4.69) is 15.6 Å². The van der Waals surface area contributed by atoms with Gasteiger partial charge in [0, 0.05) is 6.54 Å². The van der Waals surface area contributed by atoms with Gasteiger partial charge >= 0.3 is 5.97 Å². The van der Waals surface area contributed by atoms with E-state index in [1.807, 2.05) is 6.92 Å². The number of hydrogen-bond acceptors (Lipinski definition) is 5. The molecule has 0 radical (unpaired) electrons. The van der Waals surface area contributed by atoms with Gasteiger partial charge in [-0.3, -0.25) is 14.6 Å². The van der Waals surface area contributed by atoms with Crippen LogP contribution < -0.4 is 27.8 Å². The summed E-state index contributed by atoms with van der Waals surface area (Å²) < 4.78 is 0. The van der Waals surface area contributed by atoms with E-state index in [1.54, 1.807) is 6.92 Å². The van der Waals surface area contributed by atoms with Gasteiger partial charge in [-0.1, -0.05) is 20.3 Å². The van der Waals surface area contributed by atoms with Crippen LogP contribution in [0.1, 0.15) is 40.0 Å². The van der Waals surface area contributed by atoms with Crippen LogP contribution >= 0.6 is 0 Å². The standard InChI is InChI=1S/C15H30N6O4/c1-4-8(2)11(21-12(22)9(3)16)13(23)20-10(14(24)25)6-5-7-19-15(17)18/h8-11H,4-7,16H2,1-3H3,(H,20,23)(H,21,22)(H,24,25)(H4,17,18,19)/t8-,9-,10-,11-/m0/s1. The van der Waals surface area contributed by atoms with Gasteiger partial charge in [0.15, 0.2) is 5.96 Å². The Morgan fingerprint density at radius 3 is 2.16 bits per heavy atom. The van der Waals surface area contributed by atoms with E-state index in [9.17, 15) is 19.5 Å². The molecule has 0 saturated heterocycles. The van der Waals surface area contributed by atoms with Crippen molar-refractivity contribution in [1.82, 2.24) is 10.6 Å². The Bertz CT molecular complexity index is 490. The number of carbonyl (C=O) groups excluding carboxylic acids is 2. The van der Waals surface area contributed by atoms with E-state index in [1.165, 1.54) is 6.92 Å². The van der Waals surface area contributed by atoms with E-state index in [0.717, 1.165) is 0 Å². The fraction of sp³-hybridized carbons (Fsp3) is 0.733. The Labute approximate surface area is 147 Å². The lowest BCUT2D eigenvalue weighted by molar-refractivity contribution is -0.142. The van der Waals surface area contributed by atoms with Crippen LogP contribution in [0.25, 0.3) is 0 Å². The Morgan fingerprint density at radius 2 is 1.72 bits per heavy atom. The summed E-state index contributed by atoms with van der Waals surface area (Å²) in [6.07, 6.45) is 1.17. The molecular formula is C15H30N6O4. The van der Waals surface area contributed by atoms with E-state index in [-0.39, 0.29) is 24.8 Å². The molecule has 144 valence electrons. The molecule has 10 heteroatoms. The average Bonchev–Trinajstić information content (AvgIpc) is 2.53. The molecule has 0 rings (SSSR count). The van der Waals surface area contributed by atoms with Gasteiger partial charge in [-0.15, -0.1) is 0 Å². The molecule has 0 aromatic heterocycles. The second-order valence-electron chi connectivity index (χ2n) is 6.01. The molecule has 0 aliphatic heterocycles. The summed E-state index contributed by atoms with van der Waals surface area (Å²) >= 11 is 0. The monoisotopic (exact) mass is 358 g/mol. The second kappa shape index (κ2) is 11.2. The van der Waals surface area contributed by atoms with Gasteiger partial charge in [0.25, 0.3) is 0 Å². The Morgan fingerprint density at radius 1 is 1.12 bits per heavy atom. The topological polar surface area (TPSA) is 186 Å². The number of nitrogens with two attached hydrogens (primary N) is 3. The SMILES string of the molecule is CC[C@H](C)[C@H](NC(=O)[C@H](C)N)C(=O)N[C@@H](CCCN=C(N)N)C(=O)O. The maximum atomic E-state index is 12.5. The van der Waals surface area contributed by atoms with Gasteiger partial charge in [0.05, 0.1) is 6.04 Å². The first-order valence-corrected chi connectivity index (χ1v) is 8.24. The number of nitrogens with zero attached hydrogens (tertiary/aromatic N) is 1. The number of nitrogens with one attached hydrogen (secondary N) is 2. The zero-order chi connectivity index (χ0) is 19.6. The molecule has 0 unspecified atom stereocenters. The zero-order valence-electron chi connectivity index (χ0n) is 15.0. The molecule has 10 nitrogen and oxygen atoms in total. The lowest BCUT2D eigenvalue weighted by Gasteiger charge is -2.26. The van der Waals surface area contributed by atoms with Crippen molar-refractivity contribution < 1.29 is 19.5 Å². The Balaban J connectivity index is 4.92. The van der Waals surface area contributed by atoms with Crippen molar-refractivity contribution in [3.63, 3.8) is 0 Å². The predicted octanol–water partition coefficient (Wildman–Crippen LogP) is -1.51. The molecule has 2 amide bonds. The van der Waals surface area contributed by atoms with Gasteiger partial charge in [-0.05, 0) is 25.7 Å². The summed E-state index contributed by atoms with van der Waals surface area (Å²) in [5, 5.41) is 14.3. The second-order valence-corrected chi connectivity index (χ2v) is 6.01. The number of carboxylic acid groups (broad SMARTS) is 1. The number of carboxylic acids is 1. The summed E-state index contributed by atoms with van der Waals surface area (Å²) in [4.78, 5) is 39.4. The van der Waals surface area contributed by atoms with Crippen LogP contribution in [-0.4, -0.2) is 53.5 Å². The number of aliphatic imine (C=N–C) groups is 1. The molecule has 0 saturated carbocycles. The molecule has 0 fully saturated rings. The molecule has 0 spiro atoms. The molecule has 4 atom stereocenters. The summed E-state index contributed by atoms with van der Waals surface area (Å²) in [7, 11) is 0. The highest BCUT2D eigenvalue weighted by atomic mass is 16.4. The fourth-order valence-electron chi connectivity index (χ4n) is 2.01. The summed E-state index contributed by atoms with van der Waals surface area (Å²) in [5.41, 5.74) is 15.9. The summed E-state index contributed by atoms with van der Waals surface area (Å²) in [6.45, 7) is 5.43. The Hall–Kier alpha value is -2.36. The predicted molar refractivity (Wildman–Crippen MR) is 94.5 cm³/mol. The van der Waals surface area contributed by atoms with Gasteiger partial charge in [0.1, 0.15) is 12.1 Å². The lowest BCUT2D eigenvalue weighted by atomic mass is 9.97. The molecule has 0 aliphatic carbocycles. The number of carbonyl (C=O) groups is 3. The van der Waals surface area contributed by atoms with Crippen molar-refractivity contribution in [3.8, 4) is 0 Å². The van der Waals surface area contributed by atoms with Crippen molar-refractivity contribution in [2.24, 2.45) is 28.1 Å². The largest absolute Gasteiger partial charge is 0.480 e. The van der Waals surface area contributed by atoms with Crippen LogP contribution in [0.2, 0.25) is 0 Å². The number of hydrogen-bond donors (Lipinski definition) is 6. The minimum atomic E-state index is -1.17. The highest BCUT2D eigenvalue weighted by Gasteiger charge is 2.30. The van der Waals surface area contributed by atoms with Crippen molar-refractivity contribution in [1.29, 1.82) is 0 Å². The first kappa shape index (κ1) is 22.6. The maximum Gasteiger partial charge on any atom is 0.326 e. The quantitative estimate of drug-likeness (QED) is 0.147. The Kier molecular flexibility index (Phi) is 10.2. The van der Waals surface area contributed by atoms with Crippen molar-refractivity contribution in [3.05, 3.63) is 0 Å². The lowest BCUT2D eigenvalue weighted by Crippen LogP contribution is -2.56. The van der Waals surface area contributed by atoms with E-state index in [4.69, 9.17) is 17.2 Å². The maximum absolute atomic E-state index is 12.5. The van der Waals surface area contributed by atoms with Crippen LogP contribution in [0.3, 0.4) is 0 Å². The van der Waals surface area contributed by atoms with E-state index >= 15 is 0 Å². The normalized spacial score (nSPS) is 15.4. The van der Waals surface area contributed by atoms with Gasteiger partial charge < -0.3 is 32.9 Å². The molecule has 0 heterocycles. The zero-order valence-corrected chi connectivity index (χ0v) is 15.0. The first-order chi connectivity index (χ1) is 11.6. The van der Waals surface area contributed by atoms with Crippen LogP contribution in [-0.2, 0) is 14.4 Å². The van der Waals surface area contributed by atoms with Crippen LogP contribution in [0.5, 0.6) is 0 Å². The molecular weight excluding hydrogens is 328 g/mol. The first-order valence-electron chi connectivity index (χ1n) is 8.24. The van der Waals surface area contributed by atoms with Crippen molar-refractivity contribution in [2.75, 3.05) is 6.54 Å². The fourth-order valence-corrected chi connectivity index (χ4v) is 2.01. The van der Waals surface area contributed by atoms with Crippen molar-refractivity contribution >= 4 is 23.7 Å². The van der Waals surface area contributed by atoms with Gasteiger partial charge in [-0.25, -0.2) is 4.79 Å². The van der Waals surface area contributed by atoms with E-state index in [0.29, 0.717) is 12.8 Å². The third kappa shape index (κ3) is 8.89. The molecule has 0 aliphatic rings. The minimum absolute atomic E-state index is 0.0774. The van der Waals surface area contributed by atoms with Gasteiger partial charge in [0.2, 0.25) is 11.8 Å². The summed E-state index contributed by atoms with van der Waals surface area (Å²) in [5.74, 6) is -2.46. The van der Waals surface area contributed by atoms with E-state index < -0.39 is 35.9 Å². The third-order valence-corrected chi connectivity index (χ3v) is 3.77. The number of guanidine groups is 1. The van der Waals surface area contributed by atoms with Crippen LogP contribution in [0, 0.1) is 5.92 Å².